The number of hydrogen-bond acceptors (Lipinski definition) is 4. The third kappa shape index (κ3) is 1.84. The molecule has 0 aliphatic heterocycles. The van der Waals surface area contributed by atoms with Crippen molar-refractivity contribution in [2.24, 2.45) is 0 Å². The molecule has 0 aliphatic rings. The minimum atomic E-state index is 0.455. The molecule has 0 amide bonds. The second-order valence-corrected chi connectivity index (χ2v) is 5.33. The largest absolute Gasteiger partial charge is 0.382 e. The Morgan fingerprint density at radius 3 is 2.80 bits per heavy atom. The molecule has 0 atom stereocenters. The number of nitrogens with two attached hydrogens (primary N) is 2. The number of fused-ring (bicyclic) bond motifs is 1. The Morgan fingerprint density at radius 2 is 2.10 bits per heavy atom. The first-order chi connectivity index (χ1) is 9.63. The maximum Gasteiger partial charge on any atom is 0.150 e. The Bertz CT molecular complexity index is 794. The summed E-state index contributed by atoms with van der Waals surface area (Å²) < 4.78 is 2.43. The number of pyridine rings is 1. The van der Waals surface area contributed by atoms with Crippen LogP contribution in [0.3, 0.4) is 0 Å². The lowest BCUT2D eigenvalue weighted by atomic mass is 10.1. The molecular weight excluding hydrogens is 318 g/mol. The van der Waals surface area contributed by atoms with E-state index in [1.807, 2.05) is 31.2 Å². The van der Waals surface area contributed by atoms with Crippen LogP contribution in [0.25, 0.3) is 22.2 Å². The van der Waals surface area contributed by atoms with Gasteiger partial charge in [0.15, 0.2) is 5.82 Å². The molecule has 0 fully saturated rings. The molecule has 0 radical (unpaired) electrons. The smallest absolute Gasteiger partial charge is 0.150 e. The monoisotopic (exact) mass is 331 g/mol. The maximum atomic E-state index is 6.08. The Morgan fingerprint density at radius 1 is 1.30 bits per heavy atom. The fraction of sp³-hybridized carbons (Fsp3) is 0.143. The fourth-order valence-corrected chi connectivity index (χ4v) is 2.72. The standard InChI is InChI=1S/C14H14BrN5/c1-2-11-19-13(14(16)20(11)17)9-5-6-10(15)8-4-3-7-18-12(8)9/h3-7H,2,16-17H2,1H3. The molecule has 0 saturated carbocycles. The molecule has 0 bridgehead atoms. The van der Waals surface area contributed by atoms with Crippen LogP contribution in [0.2, 0.25) is 0 Å². The maximum absolute atomic E-state index is 6.08. The van der Waals surface area contributed by atoms with Gasteiger partial charge in [0.1, 0.15) is 11.5 Å². The summed E-state index contributed by atoms with van der Waals surface area (Å²) in [7, 11) is 0. The first-order valence-corrected chi connectivity index (χ1v) is 7.08. The van der Waals surface area contributed by atoms with Crippen LogP contribution in [0.4, 0.5) is 5.82 Å². The lowest BCUT2D eigenvalue weighted by Crippen LogP contribution is -2.14. The summed E-state index contributed by atoms with van der Waals surface area (Å²) in [5.74, 6) is 7.13. The van der Waals surface area contributed by atoms with Crippen molar-refractivity contribution in [1.29, 1.82) is 0 Å². The number of nitrogen functional groups attached to an aromatic ring is 2. The molecule has 6 heteroatoms. The highest BCUT2D eigenvalue weighted by atomic mass is 79.9. The second-order valence-electron chi connectivity index (χ2n) is 4.48. The summed E-state index contributed by atoms with van der Waals surface area (Å²) in [6.45, 7) is 1.99. The highest BCUT2D eigenvalue weighted by Crippen LogP contribution is 2.33. The average Bonchev–Trinajstić information content (AvgIpc) is 2.76. The van der Waals surface area contributed by atoms with Gasteiger partial charge >= 0.3 is 0 Å². The van der Waals surface area contributed by atoms with E-state index in [1.165, 1.54) is 4.68 Å². The van der Waals surface area contributed by atoms with Crippen LogP contribution in [-0.2, 0) is 6.42 Å². The Labute approximate surface area is 124 Å². The van der Waals surface area contributed by atoms with Gasteiger partial charge in [-0.3, -0.25) is 4.98 Å². The number of anilines is 1. The molecule has 1 aromatic carbocycles. The molecule has 102 valence electrons. The van der Waals surface area contributed by atoms with Crippen LogP contribution < -0.4 is 11.6 Å². The third-order valence-corrected chi connectivity index (χ3v) is 4.00. The molecule has 4 N–H and O–H groups in total. The van der Waals surface area contributed by atoms with E-state index in [0.29, 0.717) is 11.5 Å². The summed E-state index contributed by atoms with van der Waals surface area (Å²) in [6, 6.07) is 7.84. The Balaban J connectivity index is 2.33. The number of aryl methyl sites for hydroxylation is 1. The van der Waals surface area contributed by atoms with E-state index in [0.717, 1.165) is 33.2 Å². The summed E-state index contributed by atoms with van der Waals surface area (Å²) >= 11 is 3.53. The van der Waals surface area contributed by atoms with Crippen LogP contribution in [0.1, 0.15) is 12.7 Å². The number of rotatable bonds is 2. The number of nitrogens with zero attached hydrogens (tertiary/aromatic N) is 3. The molecule has 2 aromatic heterocycles. The van der Waals surface area contributed by atoms with Crippen LogP contribution in [0, 0.1) is 0 Å². The zero-order valence-corrected chi connectivity index (χ0v) is 12.6. The molecular formula is C14H14BrN5. The number of aromatic nitrogens is 3. The molecule has 3 aromatic rings. The highest BCUT2D eigenvalue weighted by molar-refractivity contribution is 9.10. The van der Waals surface area contributed by atoms with Gasteiger partial charge in [-0.15, -0.1) is 0 Å². The Kier molecular flexibility index (Phi) is 3.10. The van der Waals surface area contributed by atoms with Crippen molar-refractivity contribution in [2.45, 2.75) is 13.3 Å². The van der Waals surface area contributed by atoms with E-state index in [4.69, 9.17) is 11.6 Å². The van der Waals surface area contributed by atoms with Gasteiger partial charge in [0, 0.05) is 28.0 Å². The van der Waals surface area contributed by atoms with Gasteiger partial charge in [0.25, 0.3) is 0 Å². The van der Waals surface area contributed by atoms with Crippen molar-refractivity contribution in [3.63, 3.8) is 0 Å². The van der Waals surface area contributed by atoms with E-state index in [2.05, 4.69) is 25.9 Å². The van der Waals surface area contributed by atoms with Crippen LogP contribution in [0.5, 0.6) is 0 Å². The van der Waals surface area contributed by atoms with Crippen molar-refractivity contribution in [1.82, 2.24) is 14.6 Å². The summed E-state index contributed by atoms with van der Waals surface area (Å²) in [5, 5.41) is 1.02. The molecule has 3 rings (SSSR count). The zero-order chi connectivity index (χ0) is 14.3. The summed E-state index contributed by atoms with van der Waals surface area (Å²) in [6.07, 6.45) is 2.48. The van der Waals surface area contributed by atoms with Gasteiger partial charge < -0.3 is 11.6 Å². The fourth-order valence-electron chi connectivity index (χ4n) is 2.27. The van der Waals surface area contributed by atoms with Gasteiger partial charge in [-0.25, -0.2) is 9.66 Å². The molecule has 0 spiro atoms. The lowest BCUT2D eigenvalue weighted by Gasteiger charge is -2.06. The number of hydrogen-bond donors (Lipinski definition) is 2. The number of halogens is 1. The normalized spacial score (nSPS) is 11.1. The topological polar surface area (TPSA) is 82.8 Å². The van der Waals surface area contributed by atoms with Crippen LogP contribution >= 0.6 is 15.9 Å². The van der Waals surface area contributed by atoms with Crippen molar-refractivity contribution in [3.05, 3.63) is 40.8 Å². The molecule has 0 unspecified atom stereocenters. The highest BCUT2D eigenvalue weighted by Gasteiger charge is 2.17. The van der Waals surface area contributed by atoms with E-state index in [1.54, 1.807) is 6.20 Å². The van der Waals surface area contributed by atoms with Gasteiger partial charge in [-0.2, -0.15) is 0 Å². The predicted molar refractivity (Wildman–Crippen MR) is 84.6 cm³/mol. The van der Waals surface area contributed by atoms with Crippen molar-refractivity contribution in [3.8, 4) is 11.3 Å². The van der Waals surface area contributed by atoms with E-state index in [9.17, 15) is 0 Å². The molecule has 2 heterocycles. The third-order valence-electron chi connectivity index (χ3n) is 3.31. The van der Waals surface area contributed by atoms with Crippen molar-refractivity contribution < 1.29 is 0 Å². The SMILES string of the molecule is CCc1nc(-c2ccc(Br)c3cccnc23)c(N)n1N. The van der Waals surface area contributed by atoms with E-state index >= 15 is 0 Å². The number of imidazole rings is 1. The molecule has 20 heavy (non-hydrogen) atoms. The van der Waals surface area contributed by atoms with E-state index < -0.39 is 0 Å². The molecule has 0 aliphatic carbocycles. The second kappa shape index (κ2) is 4.79. The molecule has 5 nitrogen and oxygen atoms in total. The minimum absolute atomic E-state index is 0.455. The minimum Gasteiger partial charge on any atom is -0.382 e. The van der Waals surface area contributed by atoms with Crippen molar-refractivity contribution >= 4 is 32.7 Å². The van der Waals surface area contributed by atoms with E-state index in [-0.39, 0.29) is 0 Å². The first kappa shape index (κ1) is 12.9. The van der Waals surface area contributed by atoms with Gasteiger partial charge in [0.05, 0.1) is 5.52 Å². The van der Waals surface area contributed by atoms with Gasteiger partial charge in [-0.1, -0.05) is 28.9 Å². The van der Waals surface area contributed by atoms with Crippen LogP contribution in [-0.4, -0.2) is 14.6 Å². The lowest BCUT2D eigenvalue weighted by molar-refractivity contribution is 0.865. The van der Waals surface area contributed by atoms with Crippen LogP contribution in [0.15, 0.2) is 34.9 Å². The van der Waals surface area contributed by atoms with Gasteiger partial charge in [0.2, 0.25) is 0 Å². The Hall–Kier alpha value is -2.08. The molecule has 0 saturated heterocycles. The number of benzene rings is 1. The first-order valence-electron chi connectivity index (χ1n) is 6.29. The summed E-state index contributed by atoms with van der Waals surface area (Å²) in [4.78, 5) is 8.98. The summed E-state index contributed by atoms with van der Waals surface area (Å²) in [5.41, 5.74) is 8.50. The average molecular weight is 332 g/mol. The zero-order valence-electron chi connectivity index (χ0n) is 11.0. The quantitative estimate of drug-likeness (QED) is 0.707. The van der Waals surface area contributed by atoms with Gasteiger partial charge in [-0.05, 0) is 18.2 Å². The van der Waals surface area contributed by atoms with Crippen molar-refractivity contribution in [2.75, 3.05) is 11.6 Å². The predicted octanol–water partition coefficient (Wildman–Crippen LogP) is 2.72.